The number of aromatic nitrogens is 2. The van der Waals surface area contributed by atoms with Gasteiger partial charge in [-0.05, 0) is 19.3 Å². The van der Waals surface area contributed by atoms with Crippen LogP contribution in [0.3, 0.4) is 0 Å². The summed E-state index contributed by atoms with van der Waals surface area (Å²) in [5.74, 6) is -0.0536. The Labute approximate surface area is 125 Å². The minimum absolute atomic E-state index is 0.190. The third-order valence-corrected chi connectivity index (χ3v) is 3.17. The number of nitrogens with one attached hydrogen (secondary N) is 1. The predicted octanol–water partition coefficient (Wildman–Crippen LogP) is 1.54. The second kappa shape index (κ2) is 7.66. The van der Waals surface area contributed by atoms with E-state index in [1.54, 1.807) is 13.2 Å². The molecule has 0 aromatic carbocycles. The molecule has 1 aromatic rings. The second-order valence-corrected chi connectivity index (χ2v) is 5.46. The Bertz CT molecular complexity index is 484. The Morgan fingerprint density at radius 1 is 1.48 bits per heavy atom. The maximum Gasteiger partial charge on any atom is 0.326 e. The molecule has 0 saturated carbocycles. The van der Waals surface area contributed by atoms with Crippen molar-refractivity contribution in [3.05, 3.63) is 18.2 Å². The summed E-state index contributed by atoms with van der Waals surface area (Å²) in [5.41, 5.74) is 0. The fourth-order valence-corrected chi connectivity index (χ4v) is 2.02. The Kier molecular flexibility index (Phi) is 6.20. The molecule has 0 unspecified atom stereocenters. The van der Waals surface area contributed by atoms with Gasteiger partial charge in [-0.15, -0.1) is 0 Å². The number of amides is 2. The third-order valence-electron chi connectivity index (χ3n) is 3.17. The Morgan fingerprint density at radius 2 is 2.14 bits per heavy atom. The number of carbonyl (C=O) groups excluding carboxylic acids is 1. The van der Waals surface area contributed by atoms with E-state index in [9.17, 15) is 9.59 Å². The first-order valence-electron chi connectivity index (χ1n) is 7.09. The molecule has 0 aliphatic carbocycles. The van der Waals surface area contributed by atoms with Gasteiger partial charge in [-0.3, -0.25) is 0 Å². The summed E-state index contributed by atoms with van der Waals surface area (Å²) >= 11 is 0. The van der Waals surface area contributed by atoms with Gasteiger partial charge in [-0.2, -0.15) is 0 Å². The summed E-state index contributed by atoms with van der Waals surface area (Å²) in [5, 5.41) is 11.7. The number of hydrogen-bond acceptors (Lipinski definition) is 3. The van der Waals surface area contributed by atoms with Crippen molar-refractivity contribution in [3.63, 3.8) is 0 Å². The number of carboxylic acid groups (broad SMARTS) is 1. The lowest BCUT2D eigenvalue weighted by molar-refractivity contribution is -0.139. The monoisotopic (exact) mass is 296 g/mol. The minimum atomic E-state index is -1.01. The molecule has 1 atom stereocenters. The van der Waals surface area contributed by atoms with Crippen LogP contribution in [0.5, 0.6) is 0 Å². The average molecular weight is 296 g/mol. The number of carboxylic acids is 1. The van der Waals surface area contributed by atoms with Crippen molar-refractivity contribution < 1.29 is 14.7 Å². The molecule has 1 rings (SSSR count). The van der Waals surface area contributed by atoms with E-state index in [1.165, 1.54) is 4.90 Å². The van der Waals surface area contributed by atoms with Crippen molar-refractivity contribution in [2.24, 2.45) is 5.92 Å². The maximum atomic E-state index is 12.1. The Morgan fingerprint density at radius 3 is 2.67 bits per heavy atom. The van der Waals surface area contributed by atoms with Crippen LogP contribution >= 0.6 is 0 Å². The lowest BCUT2D eigenvalue weighted by Gasteiger charge is -2.22. The first-order valence-corrected chi connectivity index (χ1v) is 7.09. The van der Waals surface area contributed by atoms with Crippen LogP contribution < -0.4 is 5.32 Å². The number of urea groups is 1. The molecule has 0 spiro atoms. The Balaban J connectivity index is 2.63. The zero-order chi connectivity index (χ0) is 16.0. The van der Waals surface area contributed by atoms with Crippen molar-refractivity contribution in [1.29, 1.82) is 0 Å². The van der Waals surface area contributed by atoms with Crippen LogP contribution in [0, 0.1) is 5.92 Å². The molecule has 1 heterocycles. The van der Waals surface area contributed by atoms with Crippen molar-refractivity contribution in [1.82, 2.24) is 19.8 Å². The van der Waals surface area contributed by atoms with Crippen LogP contribution in [0.1, 0.15) is 33.0 Å². The lowest BCUT2D eigenvalue weighted by Crippen LogP contribution is -2.47. The van der Waals surface area contributed by atoms with E-state index in [1.807, 2.05) is 31.5 Å². The Hall–Kier alpha value is -2.05. The van der Waals surface area contributed by atoms with Gasteiger partial charge in [0.15, 0.2) is 0 Å². The molecule has 0 saturated heterocycles. The summed E-state index contributed by atoms with van der Waals surface area (Å²) in [6.45, 7) is 6.94. The summed E-state index contributed by atoms with van der Waals surface area (Å²) < 4.78 is 1.94. The maximum absolute atomic E-state index is 12.1. The number of carbonyl (C=O) groups is 2. The topological polar surface area (TPSA) is 87.5 Å². The van der Waals surface area contributed by atoms with Crippen LogP contribution in [0.4, 0.5) is 4.79 Å². The highest BCUT2D eigenvalue weighted by molar-refractivity contribution is 5.82. The minimum Gasteiger partial charge on any atom is -0.480 e. The SMILES string of the molecule is CCn1ccnc1CN(C)C(=O)N[C@@H](CC(C)C)C(=O)O. The summed E-state index contributed by atoms with van der Waals surface area (Å²) in [7, 11) is 1.62. The molecular weight excluding hydrogens is 272 g/mol. The first kappa shape index (κ1) is 17.0. The first-order chi connectivity index (χ1) is 9.85. The van der Waals surface area contributed by atoms with Crippen LogP contribution in [-0.2, 0) is 17.9 Å². The smallest absolute Gasteiger partial charge is 0.326 e. The van der Waals surface area contributed by atoms with Crippen molar-refractivity contribution in [2.75, 3.05) is 7.05 Å². The number of aliphatic carboxylic acids is 1. The summed E-state index contributed by atoms with van der Waals surface area (Å²) in [4.78, 5) is 28.9. The van der Waals surface area contributed by atoms with Gasteiger partial charge >= 0.3 is 12.0 Å². The van der Waals surface area contributed by atoms with Crippen LogP contribution in [-0.4, -0.2) is 44.6 Å². The molecule has 2 N–H and O–H groups in total. The van der Waals surface area contributed by atoms with Gasteiger partial charge in [0.05, 0.1) is 6.54 Å². The highest BCUT2D eigenvalue weighted by Gasteiger charge is 2.23. The molecule has 0 bridgehead atoms. The molecule has 118 valence electrons. The molecule has 0 aliphatic rings. The number of rotatable bonds is 7. The summed E-state index contributed by atoms with van der Waals surface area (Å²) in [6.07, 6.45) is 3.93. The highest BCUT2D eigenvalue weighted by atomic mass is 16.4. The summed E-state index contributed by atoms with van der Waals surface area (Å²) in [6, 6.07) is -1.28. The van der Waals surface area contributed by atoms with Gasteiger partial charge in [-0.25, -0.2) is 14.6 Å². The molecule has 1 aromatic heterocycles. The average Bonchev–Trinajstić information content (AvgIpc) is 2.84. The fraction of sp³-hybridized carbons (Fsp3) is 0.643. The molecule has 2 amide bonds. The third kappa shape index (κ3) is 5.09. The fourth-order valence-electron chi connectivity index (χ4n) is 2.02. The van der Waals surface area contributed by atoms with Crippen LogP contribution in [0.15, 0.2) is 12.4 Å². The van der Waals surface area contributed by atoms with Gasteiger partial charge < -0.3 is 19.9 Å². The molecule has 21 heavy (non-hydrogen) atoms. The molecule has 7 heteroatoms. The quantitative estimate of drug-likeness (QED) is 0.799. The number of nitrogens with zero attached hydrogens (tertiary/aromatic N) is 3. The molecule has 0 radical (unpaired) electrons. The lowest BCUT2D eigenvalue weighted by atomic mass is 10.0. The van der Waals surface area contributed by atoms with E-state index in [0.29, 0.717) is 13.0 Å². The number of hydrogen-bond donors (Lipinski definition) is 2. The van der Waals surface area contributed by atoms with E-state index in [-0.39, 0.29) is 5.92 Å². The number of aryl methyl sites for hydroxylation is 1. The van der Waals surface area contributed by atoms with Crippen LogP contribution in [0.25, 0.3) is 0 Å². The van der Waals surface area contributed by atoms with E-state index >= 15 is 0 Å². The van der Waals surface area contributed by atoms with Gasteiger partial charge in [0, 0.05) is 26.0 Å². The van der Waals surface area contributed by atoms with Crippen molar-refractivity contribution in [3.8, 4) is 0 Å². The zero-order valence-electron chi connectivity index (χ0n) is 13.0. The van der Waals surface area contributed by atoms with E-state index < -0.39 is 18.0 Å². The van der Waals surface area contributed by atoms with E-state index in [2.05, 4.69) is 10.3 Å². The van der Waals surface area contributed by atoms with E-state index in [4.69, 9.17) is 5.11 Å². The predicted molar refractivity (Wildman–Crippen MR) is 78.8 cm³/mol. The molecule has 0 aliphatic heterocycles. The molecular formula is C14H24N4O3. The normalized spacial score (nSPS) is 12.2. The van der Waals surface area contributed by atoms with Crippen LogP contribution in [0.2, 0.25) is 0 Å². The van der Waals surface area contributed by atoms with Gasteiger partial charge in [-0.1, -0.05) is 13.8 Å². The van der Waals surface area contributed by atoms with Gasteiger partial charge in [0.2, 0.25) is 0 Å². The van der Waals surface area contributed by atoms with E-state index in [0.717, 1.165) is 12.4 Å². The second-order valence-electron chi connectivity index (χ2n) is 5.46. The number of imidazole rings is 1. The largest absolute Gasteiger partial charge is 0.480 e. The molecule has 0 fully saturated rings. The molecule has 7 nitrogen and oxygen atoms in total. The van der Waals surface area contributed by atoms with Crippen molar-refractivity contribution >= 4 is 12.0 Å². The van der Waals surface area contributed by atoms with Crippen molar-refractivity contribution in [2.45, 2.75) is 46.3 Å². The van der Waals surface area contributed by atoms with Gasteiger partial charge in [0.1, 0.15) is 11.9 Å². The van der Waals surface area contributed by atoms with Gasteiger partial charge in [0.25, 0.3) is 0 Å². The zero-order valence-corrected chi connectivity index (χ0v) is 13.0. The standard InChI is InChI=1S/C14H24N4O3/c1-5-18-7-6-15-12(18)9-17(4)14(21)16-11(13(19)20)8-10(2)3/h6-7,10-11H,5,8-9H2,1-4H3,(H,16,21)(H,19,20)/t11-/m0/s1. The highest BCUT2D eigenvalue weighted by Crippen LogP contribution is 2.07.